The minimum Gasteiger partial charge on any atom is -0.480 e. The summed E-state index contributed by atoms with van der Waals surface area (Å²) in [6, 6.07) is 0. The standard InChI is InChI=1S/C7H8N2O3/c1-4-8-5(12-9-4)7(2-3-7)6(10)11/h2-3H2,1H3,(H,10,11). The molecule has 0 aromatic carbocycles. The first kappa shape index (κ1) is 7.27. The Hall–Kier alpha value is -1.39. The normalized spacial score (nSPS) is 19.1. The number of aromatic nitrogens is 2. The van der Waals surface area contributed by atoms with E-state index in [1.54, 1.807) is 6.92 Å². The number of aryl methyl sites for hydroxylation is 1. The van der Waals surface area contributed by atoms with Gasteiger partial charge in [0.15, 0.2) is 5.82 Å². The average molecular weight is 168 g/mol. The van der Waals surface area contributed by atoms with E-state index in [4.69, 9.17) is 9.63 Å². The topological polar surface area (TPSA) is 76.2 Å². The minimum atomic E-state index is -0.869. The summed E-state index contributed by atoms with van der Waals surface area (Å²) < 4.78 is 4.81. The van der Waals surface area contributed by atoms with Crippen molar-refractivity contribution in [1.29, 1.82) is 0 Å². The Kier molecular flexibility index (Phi) is 1.25. The van der Waals surface area contributed by atoms with Gasteiger partial charge in [0.1, 0.15) is 5.41 Å². The fourth-order valence-corrected chi connectivity index (χ4v) is 1.14. The van der Waals surface area contributed by atoms with E-state index < -0.39 is 11.4 Å². The first-order valence-corrected chi connectivity index (χ1v) is 3.69. The Morgan fingerprint density at radius 2 is 2.33 bits per heavy atom. The number of carbonyl (C=O) groups is 1. The number of hydrogen-bond acceptors (Lipinski definition) is 4. The van der Waals surface area contributed by atoms with Crippen molar-refractivity contribution in [3.05, 3.63) is 11.7 Å². The number of carboxylic acids is 1. The van der Waals surface area contributed by atoms with Crippen LogP contribution in [0.4, 0.5) is 0 Å². The quantitative estimate of drug-likeness (QED) is 0.695. The molecule has 0 spiro atoms. The smallest absolute Gasteiger partial charge is 0.319 e. The van der Waals surface area contributed by atoms with E-state index >= 15 is 0 Å². The van der Waals surface area contributed by atoms with Crippen LogP contribution in [0, 0.1) is 6.92 Å². The van der Waals surface area contributed by atoms with Gasteiger partial charge >= 0.3 is 5.97 Å². The molecule has 5 heteroatoms. The van der Waals surface area contributed by atoms with Gasteiger partial charge in [0, 0.05) is 0 Å². The van der Waals surface area contributed by atoms with Crippen LogP contribution in [0.25, 0.3) is 0 Å². The van der Waals surface area contributed by atoms with Gasteiger partial charge in [-0.05, 0) is 19.8 Å². The molecule has 0 radical (unpaired) electrons. The van der Waals surface area contributed by atoms with Crippen LogP contribution in [0.1, 0.15) is 24.6 Å². The van der Waals surface area contributed by atoms with Crippen molar-refractivity contribution in [3.63, 3.8) is 0 Å². The number of rotatable bonds is 2. The lowest BCUT2D eigenvalue weighted by molar-refractivity contribution is -0.140. The monoisotopic (exact) mass is 168 g/mol. The molecule has 1 aliphatic rings. The summed E-state index contributed by atoms with van der Waals surface area (Å²) in [5.41, 5.74) is -0.860. The van der Waals surface area contributed by atoms with Gasteiger partial charge in [-0.3, -0.25) is 4.79 Å². The zero-order valence-electron chi connectivity index (χ0n) is 6.57. The Labute approximate surface area is 68.4 Å². The predicted molar refractivity (Wildman–Crippen MR) is 37.6 cm³/mol. The van der Waals surface area contributed by atoms with E-state index in [2.05, 4.69) is 10.1 Å². The van der Waals surface area contributed by atoms with Gasteiger partial charge in [-0.2, -0.15) is 4.98 Å². The Bertz CT molecular complexity index is 327. The molecule has 1 N–H and O–H groups in total. The summed E-state index contributed by atoms with van der Waals surface area (Å²) in [6.07, 6.45) is 1.20. The molecule has 0 saturated heterocycles. The van der Waals surface area contributed by atoms with E-state index in [0.717, 1.165) is 0 Å². The van der Waals surface area contributed by atoms with Gasteiger partial charge in [0.05, 0.1) is 0 Å². The van der Waals surface area contributed by atoms with Crippen molar-refractivity contribution >= 4 is 5.97 Å². The maximum atomic E-state index is 10.8. The average Bonchev–Trinajstić information content (AvgIpc) is 2.71. The van der Waals surface area contributed by atoms with Gasteiger partial charge in [0.2, 0.25) is 5.89 Å². The summed E-state index contributed by atoms with van der Waals surface area (Å²) in [4.78, 5) is 14.7. The fraction of sp³-hybridized carbons (Fsp3) is 0.571. The van der Waals surface area contributed by atoms with Crippen LogP contribution in [-0.2, 0) is 10.2 Å². The first-order chi connectivity index (χ1) is 5.65. The Morgan fingerprint density at radius 3 is 2.67 bits per heavy atom. The van der Waals surface area contributed by atoms with E-state index in [-0.39, 0.29) is 5.89 Å². The van der Waals surface area contributed by atoms with Crippen LogP contribution in [0.5, 0.6) is 0 Å². The molecule has 1 aromatic heterocycles. The summed E-state index contributed by atoms with van der Waals surface area (Å²) >= 11 is 0. The fourth-order valence-electron chi connectivity index (χ4n) is 1.14. The number of nitrogens with zero attached hydrogens (tertiary/aromatic N) is 2. The molecule has 1 aliphatic carbocycles. The molecule has 0 bridgehead atoms. The van der Waals surface area contributed by atoms with E-state index in [1.807, 2.05) is 0 Å². The highest BCUT2D eigenvalue weighted by Crippen LogP contribution is 2.47. The second-order valence-corrected chi connectivity index (χ2v) is 3.03. The second-order valence-electron chi connectivity index (χ2n) is 3.03. The Morgan fingerprint density at radius 1 is 1.67 bits per heavy atom. The molecule has 1 aromatic rings. The highest BCUT2D eigenvalue weighted by atomic mass is 16.5. The van der Waals surface area contributed by atoms with Crippen molar-refractivity contribution in [2.45, 2.75) is 25.2 Å². The molecular weight excluding hydrogens is 160 g/mol. The van der Waals surface area contributed by atoms with Crippen LogP contribution in [0.3, 0.4) is 0 Å². The third-order valence-electron chi connectivity index (χ3n) is 2.10. The molecule has 5 nitrogen and oxygen atoms in total. The third kappa shape index (κ3) is 0.823. The van der Waals surface area contributed by atoms with Gasteiger partial charge in [0.25, 0.3) is 0 Å². The maximum absolute atomic E-state index is 10.8. The first-order valence-electron chi connectivity index (χ1n) is 3.69. The SMILES string of the molecule is Cc1noc(C2(C(=O)O)CC2)n1. The second kappa shape index (κ2) is 2.06. The highest BCUT2D eigenvalue weighted by molar-refractivity contribution is 5.83. The molecule has 0 aliphatic heterocycles. The number of carboxylic acid groups (broad SMARTS) is 1. The van der Waals surface area contributed by atoms with Gasteiger partial charge < -0.3 is 9.63 Å². The van der Waals surface area contributed by atoms with E-state index in [1.165, 1.54) is 0 Å². The van der Waals surface area contributed by atoms with Crippen molar-refractivity contribution in [3.8, 4) is 0 Å². The van der Waals surface area contributed by atoms with E-state index in [0.29, 0.717) is 18.7 Å². The summed E-state index contributed by atoms with van der Waals surface area (Å²) in [5, 5.41) is 12.4. The summed E-state index contributed by atoms with van der Waals surface area (Å²) in [7, 11) is 0. The maximum Gasteiger partial charge on any atom is 0.319 e. The third-order valence-corrected chi connectivity index (χ3v) is 2.10. The molecular formula is C7H8N2O3. The zero-order valence-corrected chi connectivity index (χ0v) is 6.57. The van der Waals surface area contributed by atoms with Crippen molar-refractivity contribution in [2.24, 2.45) is 0 Å². The Balaban J connectivity index is 2.36. The summed E-state index contributed by atoms with van der Waals surface area (Å²) in [6.45, 7) is 1.67. The molecule has 12 heavy (non-hydrogen) atoms. The number of aliphatic carboxylic acids is 1. The van der Waals surface area contributed by atoms with Crippen LogP contribution >= 0.6 is 0 Å². The predicted octanol–water partition coefficient (Wildman–Crippen LogP) is 0.494. The van der Waals surface area contributed by atoms with Crippen molar-refractivity contribution in [2.75, 3.05) is 0 Å². The van der Waals surface area contributed by atoms with Crippen LogP contribution in [-0.4, -0.2) is 21.2 Å². The minimum absolute atomic E-state index is 0.243. The molecule has 0 amide bonds. The van der Waals surface area contributed by atoms with Gasteiger partial charge in [-0.1, -0.05) is 5.16 Å². The highest BCUT2D eigenvalue weighted by Gasteiger charge is 2.56. The molecule has 1 fully saturated rings. The molecule has 0 atom stereocenters. The van der Waals surface area contributed by atoms with Gasteiger partial charge in [-0.15, -0.1) is 0 Å². The van der Waals surface area contributed by atoms with E-state index in [9.17, 15) is 4.79 Å². The largest absolute Gasteiger partial charge is 0.480 e. The van der Waals surface area contributed by atoms with Gasteiger partial charge in [-0.25, -0.2) is 0 Å². The molecule has 64 valence electrons. The van der Waals surface area contributed by atoms with Crippen molar-refractivity contribution < 1.29 is 14.4 Å². The number of hydrogen-bond donors (Lipinski definition) is 1. The van der Waals surface area contributed by atoms with Crippen LogP contribution in [0.2, 0.25) is 0 Å². The lowest BCUT2D eigenvalue weighted by Gasteiger charge is -2.00. The summed E-state index contributed by atoms with van der Waals surface area (Å²) in [5.74, 6) is -0.142. The molecule has 0 unspecified atom stereocenters. The molecule has 1 heterocycles. The lowest BCUT2D eigenvalue weighted by Crippen LogP contribution is -2.19. The van der Waals surface area contributed by atoms with Crippen molar-refractivity contribution in [1.82, 2.24) is 10.1 Å². The lowest BCUT2D eigenvalue weighted by atomic mass is 10.1. The molecule has 1 saturated carbocycles. The molecule has 2 rings (SSSR count). The zero-order chi connectivity index (χ0) is 8.77. The van der Waals surface area contributed by atoms with Crippen LogP contribution < -0.4 is 0 Å². The van der Waals surface area contributed by atoms with Crippen LogP contribution in [0.15, 0.2) is 4.52 Å².